The zero-order valence-electron chi connectivity index (χ0n) is 11.0. The number of anilines is 2. The highest BCUT2D eigenvalue weighted by atomic mass is 19.1. The van der Waals surface area contributed by atoms with Crippen molar-refractivity contribution in [3.05, 3.63) is 54.0 Å². The summed E-state index contributed by atoms with van der Waals surface area (Å²) in [6, 6.07) is 10.6. The first-order valence-electron chi connectivity index (χ1n) is 6.46. The van der Waals surface area contributed by atoms with Crippen molar-refractivity contribution in [2.45, 2.75) is 13.3 Å². The van der Waals surface area contributed by atoms with Crippen molar-refractivity contribution < 1.29 is 4.39 Å². The normalized spacial score (nSPS) is 10.2. The number of aromatic nitrogens is 1. The van der Waals surface area contributed by atoms with Crippen LogP contribution in [0.5, 0.6) is 0 Å². The number of hydrogen-bond donors (Lipinski definition) is 2. The molecule has 1 aromatic carbocycles. The van der Waals surface area contributed by atoms with E-state index in [2.05, 4.69) is 15.6 Å². The molecule has 0 saturated heterocycles. The third-order valence-electron chi connectivity index (χ3n) is 2.75. The van der Waals surface area contributed by atoms with Crippen LogP contribution in [0.25, 0.3) is 0 Å². The maximum absolute atomic E-state index is 13.0. The third-order valence-corrected chi connectivity index (χ3v) is 2.75. The predicted molar refractivity (Wildman–Crippen MR) is 77.0 cm³/mol. The van der Waals surface area contributed by atoms with Gasteiger partial charge in [0, 0.05) is 31.0 Å². The average Bonchev–Trinajstić information content (AvgIpc) is 2.40. The fourth-order valence-corrected chi connectivity index (χ4v) is 1.86. The van der Waals surface area contributed by atoms with E-state index in [0.717, 1.165) is 36.6 Å². The van der Waals surface area contributed by atoms with Gasteiger partial charge in [-0.15, -0.1) is 0 Å². The molecule has 0 unspecified atom stereocenters. The number of rotatable bonds is 6. The largest absolute Gasteiger partial charge is 0.385 e. The van der Waals surface area contributed by atoms with Crippen LogP contribution in [-0.2, 0) is 6.42 Å². The number of pyridine rings is 1. The van der Waals surface area contributed by atoms with E-state index in [-0.39, 0.29) is 5.82 Å². The molecule has 0 bridgehead atoms. The van der Waals surface area contributed by atoms with Gasteiger partial charge in [-0.1, -0.05) is 12.1 Å². The standard InChI is InChI=1S/C15H18FN3/c1-2-17-15-11-14(7-9-19-15)18-8-6-12-4-3-5-13(16)10-12/h3-5,7,9-11H,2,6,8H2,1H3,(H2,17,18,19). The lowest BCUT2D eigenvalue weighted by molar-refractivity contribution is 0.625. The Morgan fingerprint density at radius 1 is 1.16 bits per heavy atom. The van der Waals surface area contributed by atoms with E-state index in [4.69, 9.17) is 0 Å². The van der Waals surface area contributed by atoms with Gasteiger partial charge in [-0.25, -0.2) is 9.37 Å². The van der Waals surface area contributed by atoms with Gasteiger partial charge in [-0.2, -0.15) is 0 Å². The molecule has 0 atom stereocenters. The molecule has 0 aliphatic rings. The minimum atomic E-state index is -0.184. The molecule has 0 amide bonds. The smallest absolute Gasteiger partial charge is 0.127 e. The van der Waals surface area contributed by atoms with Crippen LogP contribution in [0.3, 0.4) is 0 Å². The molecular weight excluding hydrogens is 241 g/mol. The topological polar surface area (TPSA) is 37.0 Å². The molecule has 2 rings (SSSR count). The molecule has 0 aliphatic heterocycles. The Hall–Kier alpha value is -2.10. The minimum absolute atomic E-state index is 0.184. The fraction of sp³-hybridized carbons (Fsp3) is 0.267. The summed E-state index contributed by atoms with van der Waals surface area (Å²) in [7, 11) is 0. The highest BCUT2D eigenvalue weighted by Gasteiger charge is 1.98. The van der Waals surface area contributed by atoms with Crippen molar-refractivity contribution in [2.75, 3.05) is 23.7 Å². The maximum Gasteiger partial charge on any atom is 0.127 e. The number of nitrogens with one attached hydrogen (secondary N) is 2. The summed E-state index contributed by atoms with van der Waals surface area (Å²) < 4.78 is 13.0. The molecule has 4 heteroatoms. The second-order valence-electron chi connectivity index (χ2n) is 4.27. The molecule has 3 nitrogen and oxygen atoms in total. The van der Waals surface area contributed by atoms with Crippen molar-refractivity contribution in [2.24, 2.45) is 0 Å². The number of hydrogen-bond acceptors (Lipinski definition) is 3. The summed E-state index contributed by atoms with van der Waals surface area (Å²) in [5.74, 6) is 0.675. The first-order chi connectivity index (χ1) is 9.28. The zero-order chi connectivity index (χ0) is 13.5. The van der Waals surface area contributed by atoms with Crippen LogP contribution in [0.1, 0.15) is 12.5 Å². The van der Waals surface area contributed by atoms with Gasteiger partial charge < -0.3 is 10.6 Å². The Kier molecular flexibility index (Phi) is 4.72. The molecule has 0 saturated carbocycles. The lowest BCUT2D eigenvalue weighted by Gasteiger charge is -2.08. The molecule has 100 valence electrons. The number of halogens is 1. The number of benzene rings is 1. The molecule has 0 spiro atoms. The quantitative estimate of drug-likeness (QED) is 0.835. The number of nitrogens with zero attached hydrogens (tertiary/aromatic N) is 1. The van der Waals surface area contributed by atoms with Gasteiger partial charge >= 0.3 is 0 Å². The van der Waals surface area contributed by atoms with E-state index < -0.39 is 0 Å². The van der Waals surface area contributed by atoms with Crippen LogP contribution in [-0.4, -0.2) is 18.1 Å². The van der Waals surface area contributed by atoms with Crippen molar-refractivity contribution in [1.82, 2.24) is 4.98 Å². The Bertz CT molecular complexity index is 528. The van der Waals surface area contributed by atoms with E-state index in [1.165, 1.54) is 6.07 Å². The lowest BCUT2D eigenvalue weighted by atomic mass is 10.1. The van der Waals surface area contributed by atoms with Gasteiger partial charge in [-0.3, -0.25) is 0 Å². The first kappa shape index (κ1) is 13.3. The van der Waals surface area contributed by atoms with Crippen LogP contribution in [0.4, 0.5) is 15.9 Å². The Morgan fingerprint density at radius 2 is 2.05 bits per heavy atom. The molecule has 19 heavy (non-hydrogen) atoms. The Balaban J connectivity index is 1.87. The average molecular weight is 259 g/mol. The zero-order valence-corrected chi connectivity index (χ0v) is 11.0. The van der Waals surface area contributed by atoms with Gasteiger partial charge in [0.25, 0.3) is 0 Å². The molecule has 1 heterocycles. The molecule has 1 aromatic heterocycles. The van der Waals surface area contributed by atoms with Gasteiger partial charge in [-0.05, 0) is 37.1 Å². The van der Waals surface area contributed by atoms with E-state index in [1.54, 1.807) is 18.3 Å². The van der Waals surface area contributed by atoms with Crippen molar-refractivity contribution in [1.29, 1.82) is 0 Å². The van der Waals surface area contributed by atoms with Gasteiger partial charge in [0.2, 0.25) is 0 Å². The van der Waals surface area contributed by atoms with Crippen LogP contribution in [0, 0.1) is 5.82 Å². The second-order valence-corrected chi connectivity index (χ2v) is 4.27. The van der Waals surface area contributed by atoms with Crippen LogP contribution in [0.2, 0.25) is 0 Å². The van der Waals surface area contributed by atoms with Crippen LogP contribution >= 0.6 is 0 Å². The van der Waals surface area contributed by atoms with Gasteiger partial charge in [0.1, 0.15) is 11.6 Å². The highest BCUT2D eigenvalue weighted by Crippen LogP contribution is 2.12. The minimum Gasteiger partial charge on any atom is -0.385 e. The Labute approximate surface area is 112 Å². The maximum atomic E-state index is 13.0. The van der Waals surface area contributed by atoms with E-state index in [9.17, 15) is 4.39 Å². The van der Waals surface area contributed by atoms with Crippen LogP contribution < -0.4 is 10.6 Å². The monoisotopic (exact) mass is 259 g/mol. The van der Waals surface area contributed by atoms with Crippen molar-refractivity contribution >= 4 is 11.5 Å². The molecule has 2 N–H and O–H groups in total. The summed E-state index contributed by atoms with van der Waals surface area (Å²) >= 11 is 0. The van der Waals surface area contributed by atoms with E-state index in [0.29, 0.717) is 0 Å². The summed E-state index contributed by atoms with van der Waals surface area (Å²) in [5, 5.41) is 6.47. The van der Waals surface area contributed by atoms with Gasteiger partial charge in [0.05, 0.1) is 0 Å². The molecular formula is C15H18FN3. The first-order valence-corrected chi connectivity index (χ1v) is 6.46. The van der Waals surface area contributed by atoms with Crippen molar-refractivity contribution in [3.8, 4) is 0 Å². The van der Waals surface area contributed by atoms with Crippen LogP contribution in [0.15, 0.2) is 42.6 Å². The highest BCUT2D eigenvalue weighted by molar-refractivity contribution is 5.51. The van der Waals surface area contributed by atoms with E-state index >= 15 is 0 Å². The molecule has 0 fully saturated rings. The third kappa shape index (κ3) is 4.25. The fourth-order valence-electron chi connectivity index (χ4n) is 1.86. The molecule has 2 aromatic rings. The Morgan fingerprint density at radius 3 is 2.84 bits per heavy atom. The summed E-state index contributed by atoms with van der Waals surface area (Å²) in [4.78, 5) is 4.21. The summed E-state index contributed by atoms with van der Waals surface area (Å²) in [6.45, 7) is 3.64. The van der Waals surface area contributed by atoms with E-state index in [1.807, 2.05) is 25.1 Å². The lowest BCUT2D eigenvalue weighted by Crippen LogP contribution is -2.06. The van der Waals surface area contributed by atoms with Crippen molar-refractivity contribution in [3.63, 3.8) is 0 Å². The molecule has 0 radical (unpaired) electrons. The predicted octanol–water partition coefficient (Wildman–Crippen LogP) is 3.31. The summed E-state index contributed by atoms with van der Waals surface area (Å²) in [5.41, 5.74) is 2.01. The SMILES string of the molecule is CCNc1cc(NCCc2cccc(F)c2)ccn1. The van der Waals surface area contributed by atoms with Gasteiger partial charge in [0.15, 0.2) is 0 Å². The summed E-state index contributed by atoms with van der Waals surface area (Å²) in [6.07, 6.45) is 2.55. The second kappa shape index (κ2) is 6.73. The molecule has 0 aliphatic carbocycles.